The van der Waals surface area contributed by atoms with Crippen LogP contribution in [0.2, 0.25) is 0 Å². The van der Waals surface area contributed by atoms with Crippen LogP contribution in [-0.2, 0) is 22.4 Å². The summed E-state index contributed by atoms with van der Waals surface area (Å²) < 4.78 is 0. The molecular weight excluding hydrogens is 324 g/mol. The molecule has 2 amide bonds. The van der Waals surface area contributed by atoms with Crippen LogP contribution in [0.4, 0.5) is 0 Å². The van der Waals surface area contributed by atoms with E-state index in [1.54, 1.807) is 11.5 Å². The first-order valence-corrected chi connectivity index (χ1v) is 7.77. The average Bonchev–Trinajstić information content (AvgIpc) is 2.62. The molecule has 0 fully saturated rings. The number of nitrogens with one attached hydrogen (secondary N) is 2. The summed E-state index contributed by atoms with van der Waals surface area (Å²) in [6.07, 6.45) is 0.672. The highest BCUT2D eigenvalue weighted by Gasteiger charge is 2.20. The van der Waals surface area contributed by atoms with Crippen molar-refractivity contribution in [2.24, 2.45) is 0 Å². The van der Waals surface area contributed by atoms with Gasteiger partial charge in [0.25, 0.3) is 5.91 Å². The minimum atomic E-state index is -0.895. The minimum absolute atomic E-state index is 0.0915. The molecule has 25 heavy (non-hydrogen) atoms. The fraction of sp³-hybridized carbons (Fsp3) is 0.222. The quantitative estimate of drug-likeness (QED) is 0.294. The molecule has 7 nitrogen and oxygen atoms in total. The Labute approximate surface area is 144 Å². The molecule has 0 saturated heterocycles. The summed E-state index contributed by atoms with van der Waals surface area (Å²) in [6.45, 7) is 0. The Kier molecular flexibility index (Phi) is 6.36. The smallest absolute Gasteiger partial charge is 0.266 e. The number of hydrogen-bond donors (Lipinski definition) is 5. The lowest BCUT2D eigenvalue weighted by Crippen LogP contribution is -2.47. The Morgan fingerprint density at radius 2 is 1.68 bits per heavy atom. The zero-order chi connectivity index (χ0) is 18.2. The Balaban J connectivity index is 1.94. The van der Waals surface area contributed by atoms with Gasteiger partial charge < -0.3 is 15.5 Å². The van der Waals surface area contributed by atoms with Crippen LogP contribution in [0, 0.1) is 0 Å². The van der Waals surface area contributed by atoms with E-state index in [1.165, 1.54) is 12.1 Å². The van der Waals surface area contributed by atoms with Crippen molar-refractivity contribution in [3.05, 3.63) is 59.7 Å². The van der Waals surface area contributed by atoms with Crippen molar-refractivity contribution < 1.29 is 25.0 Å². The molecule has 0 aromatic heterocycles. The number of benzene rings is 2. The Morgan fingerprint density at radius 1 is 0.960 bits per heavy atom. The van der Waals surface area contributed by atoms with Crippen molar-refractivity contribution >= 4 is 11.8 Å². The molecule has 0 aliphatic carbocycles. The van der Waals surface area contributed by atoms with Crippen molar-refractivity contribution in [2.75, 3.05) is 0 Å². The van der Waals surface area contributed by atoms with Crippen molar-refractivity contribution in [3.8, 4) is 11.5 Å². The fourth-order valence-corrected chi connectivity index (χ4v) is 2.39. The standard InChI is InChI=1S/C18H20N2O5/c21-15-8-6-13(11-16(15)22)7-9-17(23)19-14(18(24)20-25)10-12-4-2-1-3-5-12/h1-6,8,11,14,21-22,25H,7,9-10H2,(H,19,23)(H,20,24)/t14-/m0/s1. The van der Waals surface area contributed by atoms with Gasteiger partial charge in [0, 0.05) is 12.8 Å². The summed E-state index contributed by atoms with van der Waals surface area (Å²) in [7, 11) is 0. The highest BCUT2D eigenvalue weighted by molar-refractivity contribution is 5.87. The zero-order valence-electron chi connectivity index (χ0n) is 13.5. The molecule has 0 heterocycles. The van der Waals surface area contributed by atoms with Gasteiger partial charge in [0.15, 0.2) is 11.5 Å². The van der Waals surface area contributed by atoms with Gasteiger partial charge in [0.05, 0.1) is 0 Å². The molecule has 2 aromatic carbocycles. The van der Waals surface area contributed by atoms with E-state index in [2.05, 4.69) is 5.32 Å². The molecule has 0 unspecified atom stereocenters. The van der Waals surface area contributed by atoms with Crippen molar-refractivity contribution in [2.45, 2.75) is 25.3 Å². The van der Waals surface area contributed by atoms with Gasteiger partial charge in [-0.3, -0.25) is 14.8 Å². The summed E-state index contributed by atoms with van der Waals surface area (Å²) in [5.41, 5.74) is 3.09. The van der Waals surface area contributed by atoms with Crippen LogP contribution in [0.1, 0.15) is 17.5 Å². The van der Waals surface area contributed by atoms with Crippen molar-refractivity contribution in [1.82, 2.24) is 10.8 Å². The van der Waals surface area contributed by atoms with Gasteiger partial charge in [-0.1, -0.05) is 36.4 Å². The average molecular weight is 344 g/mol. The first-order valence-electron chi connectivity index (χ1n) is 7.77. The van der Waals surface area contributed by atoms with Gasteiger partial charge >= 0.3 is 0 Å². The van der Waals surface area contributed by atoms with Crippen LogP contribution >= 0.6 is 0 Å². The maximum Gasteiger partial charge on any atom is 0.266 e. The lowest BCUT2D eigenvalue weighted by molar-refractivity contribution is -0.134. The summed E-state index contributed by atoms with van der Waals surface area (Å²) in [5.74, 6) is -1.54. The summed E-state index contributed by atoms with van der Waals surface area (Å²) in [5, 5.41) is 30.2. The van der Waals surface area contributed by atoms with Crippen LogP contribution in [0.3, 0.4) is 0 Å². The molecule has 0 saturated carbocycles. The highest BCUT2D eigenvalue weighted by Crippen LogP contribution is 2.25. The third-order valence-electron chi connectivity index (χ3n) is 3.73. The third kappa shape index (κ3) is 5.50. The normalized spacial score (nSPS) is 11.6. The first kappa shape index (κ1) is 18.3. The molecule has 0 spiro atoms. The van der Waals surface area contributed by atoms with Crippen LogP contribution < -0.4 is 10.8 Å². The number of phenolic OH excluding ortho intramolecular Hbond substituents is 2. The number of carbonyl (C=O) groups excluding carboxylic acids is 2. The number of amides is 2. The largest absolute Gasteiger partial charge is 0.504 e. The second-order valence-electron chi connectivity index (χ2n) is 5.61. The molecule has 0 aliphatic heterocycles. The van der Waals surface area contributed by atoms with E-state index >= 15 is 0 Å². The Morgan fingerprint density at radius 3 is 2.32 bits per heavy atom. The van der Waals surface area contributed by atoms with Crippen LogP contribution in [-0.4, -0.2) is 33.3 Å². The van der Waals surface area contributed by atoms with Gasteiger partial charge in [-0.2, -0.15) is 0 Å². The molecular formula is C18H20N2O5. The van der Waals surface area contributed by atoms with Crippen LogP contribution in [0.5, 0.6) is 11.5 Å². The maximum absolute atomic E-state index is 12.1. The number of aryl methyl sites for hydroxylation is 1. The van der Waals surface area contributed by atoms with E-state index in [-0.39, 0.29) is 30.2 Å². The second kappa shape index (κ2) is 8.70. The maximum atomic E-state index is 12.1. The van der Waals surface area contributed by atoms with Crippen molar-refractivity contribution in [1.29, 1.82) is 0 Å². The topological polar surface area (TPSA) is 119 Å². The summed E-state index contributed by atoms with van der Waals surface area (Å²) in [4.78, 5) is 23.9. The Hall–Kier alpha value is -3.06. The fourth-order valence-electron chi connectivity index (χ4n) is 2.39. The molecule has 132 valence electrons. The highest BCUT2D eigenvalue weighted by atomic mass is 16.5. The van der Waals surface area contributed by atoms with E-state index in [0.29, 0.717) is 12.0 Å². The lowest BCUT2D eigenvalue weighted by Gasteiger charge is -2.17. The number of hydrogen-bond acceptors (Lipinski definition) is 5. The van der Waals surface area contributed by atoms with E-state index in [9.17, 15) is 19.8 Å². The van der Waals surface area contributed by atoms with E-state index in [1.807, 2.05) is 30.3 Å². The second-order valence-corrected chi connectivity index (χ2v) is 5.61. The molecule has 0 radical (unpaired) electrons. The van der Waals surface area contributed by atoms with Gasteiger partial charge in [0.1, 0.15) is 6.04 Å². The van der Waals surface area contributed by atoms with Crippen LogP contribution in [0.15, 0.2) is 48.5 Å². The summed E-state index contributed by atoms with van der Waals surface area (Å²) >= 11 is 0. The molecule has 1 atom stereocenters. The van der Waals surface area contributed by atoms with Gasteiger partial charge in [-0.25, -0.2) is 5.48 Å². The number of phenols is 2. The predicted octanol–water partition coefficient (Wildman–Crippen LogP) is 1.26. The molecule has 7 heteroatoms. The lowest BCUT2D eigenvalue weighted by atomic mass is 10.0. The van der Waals surface area contributed by atoms with Gasteiger partial charge in [0.2, 0.25) is 5.91 Å². The van der Waals surface area contributed by atoms with Crippen LogP contribution in [0.25, 0.3) is 0 Å². The number of rotatable bonds is 7. The molecule has 2 aromatic rings. The zero-order valence-corrected chi connectivity index (χ0v) is 13.5. The van der Waals surface area contributed by atoms with E-state index in [0.717, 1.165) is 5.56 Å². The predicted molar refractivity (Wildman–Crippen MR) is 90.1 cm³/mol. The summed E-state index contributed by atoms with van der Waals surface area (Å²) in [6, 6.07) is 12.6. The molecule has 0 bridgehead atoms. The van der Waals surface area contributed by atoms with Crippen molar-refractivity contribution in [3.63, 3.8) is 0 Å². The molecule has 5 N–H and O–H groups in total. The molecule has 0 aliphatic rings. The monoisotopic (exact) mass is 344 g/mol. The van der Waals surface area contributed by atoms with Gasteiger partial charge in [-0.05, 0) is 29.7 Å². The SMILES string of the molecule is O=C(CCc1ccc(O)c(O)c1)N[C@@H](Cc1ccccc1)C(=O)NO. The minimum Gasteiger partial charge on any atom is -0.504 e. The number of carbonyl (C=O) groups is 2. The van der Waals surface area contributed by atoms with Gasteiger partial charge in [-0.15, -0.1) is 0 Å². The third-order valence-corrected chi connectivity index (χ3v) is 3.73. The number of aromatic hydroxyl groups is 2. The molecule has 2 rings (SSSR count). The van der Waals surface area contributed by atoms with E-state index in [4.69, 9.17) is 5.21 Å². The first-order chi connectivity index (χ1) is 12.0. The Bertz CT molecular complexity index is 734. The van der Waals surface area contributed by atoms with E-state index < -0.39 is 11.9 Å². The number of hydroxylamine groups is 1.